The number of anilines is 2. The summed E-state index contributed by atoms with van der Waals surface area (Å²) in [7, 11) is 1.30. The number of hydrogen-bond donors (Lipinski definition) is 4. The summed E-state index contributed by atoms with van der Waals surface area (Å²) in [6.45, 7) is 0. The van der Waals surface area contributed by atoms with Gasteiger partial charge >= 0.3 is 0 Å². The summed E-state index contributed by atoms with van der Waals surface area (Å²) in [5, 5.41) is 20.0. The van der Waals surface area contributed by atoms with Crippen molar-refractivity contribution in [3.8, 4) is 17.2 Å². The minimum absolute atomic E-state index is 0.0255. The van der Waals surface area contributed by atoms with E-state index >= 15 is 0 Å². The van der Waals surface area contributed by atoms with E-state index in [0.717, 1.165) is 0 Å². The highest BCUT2D eigenvalue weighted by molar-refractivity contribution is 6.33. The number of carbonyl (C=O) groups is 2. The molecule has 0 atom stereocenters. The van der Waals surface area contributed by atoms with Crippen molar-refractivity contribution in [1.82, 2.24) is 0 Å². The lowest BCUT2D eigenvalue weighted by molar-refractivity contribution is 0.0972. The third-order valence-electron chi connectivity index (χ3n) is 3.64. The fourth-order valence-corrected chi connectivity index (χ4v) is 2.61. The first kappa shape index (κ1) is 13.7. The molecule has 0 amide bonds. The van der Waals surface area contributed by atoms with E-state index in [-0.39, 0.29) is 45.1 Å². The lowest BCUT2D eigenvalue weighted by Crippen LogP contribution is -2.24. The van der Waals surface area contributed by atoms with E-state index in [2.05, 4.69) is 0 Å². The van der Waals surface area contributed by atoms with Crippen LogP contribution in [0.15, 0.2) is 18.2 Å². The van der Waals surface area contributed by atoms with Gasteiger partial charge in [0.15, 0.2) is 5.75 Å². The Bertz CT molecular complexity index is 858. The monoisotopic (exact) mass is 300 g/mol. The average Bonchev–Trinajstić information content (AvgIpc) is 2.49. The molecular formula is C15H12N2O5. The van der Waals surface area contributed by atoms with E-state index in [1.807, 2.05) is 0 Å². The van der Waals surface area contributed by atoms with Gasteiger partial charge in [0.25, 0.3) is 0 Å². The fourth-order valence-electron chi connectivity index (χ4n) is 2.61. The molecule has 0 saturated heterocycles. The third kappa shape index (κ3) is 1.56. The second-order valence-corrected chi connectivity index (χ2v) is 4.85. The highest BCUT2D eigenvalue weighted by atomic mass is 16.5. The number of phenols is 2. The number of nitrogen functional groups attached to an aromatic ring is 2. The van der Waals surface area contributed by atoms with Gasteiger partial charge in [-0.2, -0.15) is 0 Å². The van der Waals surface area contributed by atoms with Crippen LogP contribution in [-0.2, 0) is 0 Å². The lowest BCUT2D eigenvalue weighted by atomic mass is 9.81. The van der Waals surface area contributed by atoms with Gasteiger partial charge < -0.3 is 26.4 Å². The Balaban J connectivity index is 2.47. The minimum atomic E-state index is -0.693. The highest BCUT2D eigenvalue weighted by Gasteiger charge is 2.38. The molecule has 0 radical (unpaired) electrons. The van der Waals surface area contributed by atoms with Crippen molar-refractivity contribution in [1.29, 1.82) is 0 Å². The van der Waals surface area contributed by atoms with Crippen LogP contribution in [0.5, 0.6) is 17.2 Å². The molecule has 22 heavy (non-hydrogen) atoms. The van der Waals surface area contributed by atoms with Crippen LogP contribution in [-0.4, -0.2) is 28.9 Å². The topological polar surface area (TPSA) is 136 Å². The van der Waals surface area contributed by atoms with Gasteiger partial charge in [0.2, 0.25) is 11.6 Å². The molecule has 6 N–H and O–H groups in total. The maximum Gasteiger partial charge on any atom is 0.202 e. The van der Waals surface area contributed by atoms with Crippen LogP contribution < -0.4 is 16.2 Å². The van der Waals surface area contributed by atoms with E-state index in [1.165, 1.54) is 25.3 Å². The van der Waals surface area contributed by atoms with Gasteiger partial charge in [0.1, 0.15) is 11.5 Å². The maximum atomic E-state index is 12.7. The molecule has 7 heteroatoms. The predicted octanol–water partition coefficient (Wildman–Crippen LogP) is 1.05. The predicted molar refractivity (Wildman–Crippen MR) is 78.5 cm³/mol. The van der Waals surface area contributed by atoms with Crippen molar-refractivity contribution in [2.24, 2.45) is 0 Å². The molecule has 112 valence electrons. The summed E-state index contributed by atoms with van der Waals surface area (Å²) >= 11 is 0. The number of nitrogens with two attached hydrogens (primary N) is 2. The van der Waals surface area contributed by atoms with E-state index in [4.69, 9.17) is 16.2 Å². The molecule has 7 nitrogen and oxygen atoms in total. The number of ketones is 2. The Labute approximate surface area is 124 Å². The average molecular weight is 300 g/mol. The van der Waals surface area contributed by atoms with Gasteiger partial charge in [-0.25, -0.2) is 0 Å². The first-order chi connectivity index (χ1) is 10.4. The highest BCUT2D eigenvalue weighted by Crippen LogP contribution is 2.44. The molecule has 2 aromatic rings. The molecule has 1 aliphatic carbocycles. The van der Waals surface area contributed by atoms with Crippen LogP contribution in [0.1, 0.15) is 31.8 Å². The third-order valence-corrected chi connectivity index (χ3v) is 3.64. The number of fused-ring (bicyclic) bond motifs is 2. The molecule has 1 aliphatic rings. The van der Waals surface area contributed by atoms with Crippen molar-refractivity contribution >= 4 is 22.9 Å². The first-order valence-corrected chi connectivity index (χ1v) is 6.28. The smallest absolute Gasteiger partial charge is 0.202 e. The van der Waals surface area contributed by atoms with Crippen LogP contribution in [0.4, 0.5) is 11.4 Å². The second kappa shape index (κ2) is 4.39. The van der Waals surface area contributed by atoms with E-state index in [0.29, 0.717) is 0 Å². The Morgan fingerprint density at radius 1 is 0.909 bits per heavy atom. The van der Waals surface area contributed by atoms with Gasteiger partial charge in [0, 0.05) is 11.8 Å². The minimum Gasteiger partial charge on any atom is -0.507 e. The van der Waals surface area contributed by atoms with Gasteiger partial charge in [-0.3, -0.25) is 9.59 Å². The number of hydrogen-bond acceptors (Lipinski definition) is 7. The molecule has 0 unspecified atom stereocenters. The zero-order valence-corrected chi connectivity index (χ0v) is 11.5. The molecule has 0 spiro atoms. The summed E-state index contributed by atoms with van der Waals surface area (Å²) in [5.74, 6) is -2.20. The van der Waals surface area contributed by atoms with Crippen LogP contribution in [0, 0.1) is 0 Å². The number of ether oxygens (including phenoxy) is 1. The van der Waals surface area contributed by atoms with Crippen molar-refractivity contribution in [3.05, 3.63) is 40.5 Å². The molecule has 0 aromatic heterocycles. The van der Waals surface area contributed by atoms with E-state index in [9.17, 15) is 19.8 Å². The fraction of sp³-hybridized carbons (Fsp3) is 0.0667. The van der Waals surface area contributed by atoms with E-state index < -0.39 is 17.3 Å². The van der Waals surface area contributed by atoms with Crippen molar-refractivity contribution in [3.63, 3.8) is 0 Å². The summed E-state index contributed by atoms with van der Waals surface area (Å²) in [6, 6.07) is 3.78. The van der Waals surface area contributed by atoms with Gasteiger partial charge in [-0.15, -0.1) is 0 Å². The zero-order valence-electron chi connectivity index (χ0n) is 11.5. The summed E-state index contributed by atoms with van der Waals surface area (Å²) in [4.78, 5) is 25.3. The standard InChI is InChI=1S/C15H12N2O5/c1-22-8-4-6(17)13(19)12-11(8)15(21)10-7(18)3-2-5(16)9(10)14(12)20/h2-4,18-19H,16-17H2,1H3. The number of methoxy groups -OCH3 is 1. The lowest BCUT2D eigenvalue weighted by Gasteiger charge is -2.23. The Morgan fingerprint density at radius 3 is 2.18 bits per heavy atom. The van der Waals surface area contributed by atoms with Gasteiger partial charge in [0.05, 0.1) is 35.1 Å². The van der Waals surface area contributed by atoms with Crippen LogP contribution >= 0.6 is 0 Å². The van der Waals surface area contributed by atoms with Gasteiger partial charge in [-0.1, -0.05) is 0 Å². The summed E-state index contributed by atoms with van der Waals surface area (Å²) in [6.07, 6.45) is 0. The number of rotatable bonds is 1. The maximum absolute atomic E-state index is 12.7. The summed E-state index contributed by atoms with van der Waals surface area (Å²) < 4.78 is 5.08. The number of carbonyl (C=O) groups excluding carboxylic acids is 2. The second-order valence-electron chi connectivity index (χ2n) is 4.85. The first-order valence-electron chi connectivity index (χ1n) is 6.28. The summed E-state index contributed by atoms with van der Waals surface area (Å²) in [5.41, 5.74) is 10.5. The van der Waals surface area contributed by atoms with Gasteiger partial charge in [-0.05, 0) is 12.1 Å². The van der Waals surface area contributed by atoms with Crippen LogP contribution in [0.25, 0.3) is 0 Å². The molecule has 0 bridgehead atoms. The molecular weight excluding hydrogens is 288 g/mol. The molecule has 0 aliphatic heterocycles. The molecule has 0 heterocycles. The normalized spacial score (nSPS) is 12.8. The number of benzene rings is 2. The largest absolute Gasteiger partial charge is 0.507 e. The Hall–Kier alpha value is -3.22. The van der Waals surface area contributed by atoms with E-state index in [1.54, 1.807) is 0 Å². The number of phenolic OH excluding ortho intramolecular Hbond substituents is 2. The Kier molecular flexibility index (Phi) is 2.74. The molecule has 2 aromatic carbocycles. The quantitative estimate of drug-likeness (QED) is 0.299. The molecule has 0 fully saturated rings. The number of aromatic hydroxyl groups is 2. The Morgan fingerprint density at radius 2 is 1.55 bits per heavy atom. The van der Waals surface area contributed by atoms with Crippen LogP contribution in [0.2, 0.25) is 0 Å². The zero-order chi connectivity index (χ0) is 16.2. The molecule has 3 rings (SSSR count). The van der Waals surface area contributed by atoms with Crippen LogP contribution in [0.3, 0.4) is 0 Å². The van der Waals surface area contributed by atoms with Crippen molar-refractivity contribution < 1.29 is 24.5 Å². The SMILES string of the molecule is COc1cc(N)c(O)c2c1C(=O)c1c(O)ccc(N)c1C2=O. The molecule has 0 saturated carbocycles. The van der Waals surface area contributed by atoms with Crippen molar-refractivity contribution in [2.45, 2.75) is 0 Å². The van der Waals surface area contributed by atoms with Crippen molar-refractivity contribution in [2.75, 3.05) is 18.6 Å².